The number of benzene rings is 1. The van der Waals surface area contributed by atoms with Gasteiger partial charge in [0, 0.05) is 23.5 Å². The van der Waals surface area contributed by atoms with Crippen LogP contribution in [0.1, 0.15) is 5.56 Å². The maximum Gasteiger partial charge on any atom is 0.381 e. The van der Waals surface area contributed by atoms with Crippen molar-refractivity contribution < 1.29 is 18.3 Å². The molecule has 2 aromatic rings. The molecule has 0 fully saturated rings. The van der Waals surface area contributed by atoms with Crippen LogP contribution in [0.4, 0.5) is 8.78 Å². The molecule has 0 bridgehead atoms. The van der Waals surface area contributed by atoms with Crippen LogP contribution in [0, 0.1) is 0 Å². The summed E-state index contributed by atoms with van der Waals surface area (Å²) in [7, 11) is 0.915. The Morgan fingerprint density at radius 2 is 1.95 bits per heavy atom. The lowest BCUT2D eigenvalue weighted by Crippen LogP contribution is -2.27. The number of halogens is 3. The minimum Gasteiger partial charge on any atom is -0.464 e. The molecule has 4 nitrogen and oxygen atoms in total. The molecule has 0 aliphatic rings. The Labute approximate surface area is 121 Å². The van der Waals surface area contributed by atoms with Gasteiger partial charge in [0.1, 0.15) is 0 Å². The summed E-state index contributed by atoms with van der Waals surface area (Å²) in [5.41, 5.74) is -0.0769. The fraction of sp³-hybridized carbons (Fsp3) is 0.154. The summed E-state index contributed by atoms with van der Waals surface area (Å²) in [4.78, 5) is 19.2. The van der Waals surface area contributed by atoms with Gasteiger partial charge < -0.3 is 4.74 Å². The summed E-state index contributed by atoms with van der Waals surface area (Å²) < 4.78 is 32.4. The molecule has 0 N–H and O–H groups in total. The number of hydrogen-bond donors (Lipinski definition) is 0. The summed E-state index contributed by atoms with van der Waals surface area (Å²) >= 11 is 3.19. The van der Waals surface area contributed by atoms with Crippen LogP contribution in [0.5, 0.6) is 0 Å². The zero-order valence-corrected chi connectivity index (χ0v) is 11.9. The summed E-state index contributed by atoms with van der Waals surface area (Å²) in [5, 5.41) is 0. The first-order valence-corrected chi connectivity index (χ1v) is 6.29. The number of carbonyl (C=O) groups excluding carboxylic acids is 1. The number of hydrogen-bond acceptors (Lipinski definition) is 4. The van der Waals surface area contributed by atoms with E-state index in [9.17, 15) is 13.6 Å². The van der Waals surface area contributed by atoms with E-state index in [1.54, 1.807) is 6.07 Å². The summed E-state index contributed by atoms with van der Waals surface area (Å²) in [6, 6.07) is 5.31. The molecule has 0 unspecified atom stereocenters. The molecule has 0 saturated carbocycles. The van der Waals surface area contributed by atoms with Gasteiger partial charge in [0.25, 0.3) is 0 Å². The normalized spacial score (nSPS) is 11.2. The first-order chi connectivity index (χ1) is 9.45. The fourth-order valence-corrected chi connectivity index (χ4v) is 1.77. The molecule has 0 atom stereocenters. The third-order valence-electron chi connectivity index (χ3n) is 2.55. The zero-order valence-electron chi connectivity index (χ0n) is 10.3. The lowest BCUT2D eigenvalue weighted by molar-refractivity contribution is -0.170. The molecular weight excluding hydrogens is 334 g/mol. The molecule has 1 heterocycles. The molecule has 0 amide bonds. The van der Waals surface area contributed by atoms with Crippen molar-refractivity contribution in [2.45, 2.75) is 5.92 Å². The average molecular weight is 343 g/mol. The highest BCUT2D eigenvalue weighted by Crippen LogP contribution is 2.31. The van der Waals surface area contributed by atoms with Crippen molar-refractivity contribution in [1.29, 1.82) is 0 Å². The van der Waals surface area contributed by atoms with Crippen molar-refractivity contribution in [2.75, 3.05) is 7.11 Å². The van der Waals surface area contributed by atoms with Crippen molar-refractivity contribution in [2.24, 2.45) is 0 Å². The zero-order chi connectivity index (χ0) is 14.8. The predicted octanol–water partition coefficient (Wildman–Crippen LogP) is 3.17. The monoisotopic (exact) mass is 342 g/mol. The molecule has 20 heavy (non-hydrogen) atoms. The van der Waals surface area contributed by atoms with E-state index < -0.39 is 17.5 Å². The van der Waals surface area contributed by atoms with Gasteiger partial charge in [-0.25, -0.2) is 14.8 Å². The maximum absolute atomic E-state index is 13.8. The van der Waals surface area contributed by atoms with E-state index in [-0.39, 0.29) is 5.82 Å². The maximum atomic E-state index is 13.8. The smallest absolute Gasteiger partial charge is 0.381 e. The second-order valence-corrected chi connectivity index (χ2v) is 4.79. The van der Waals surface area contributed by atoms with Gasteiger partial charge in [-0.15, -0.1) is 0 Å². The van der Waals surface area contributed by atoms with Crippen molar-refractivity contribution in [1.82, 2.24) is 9.97 Å². The molecule has 7 heteroatoms. The van der Waals surface area contributed by atoms with Gasteiger partial charge in [-0.1, -0.05) is 18.2 Å². The molecular formula is C13H9BrF2N2O2. The second kappa shape index (κ2) is 5.62. The second-order valence-electron chi connectivity index (χ2n) is 3.87. The summed E-state index contributed by atoms with van der Waals surface area (Å²) in [6.45, 7) is 0. The highest BCUT2D eigenvalue weighted by Gasteiger charge is 2.42. The number of alkyl halides is 2. The van der Waals surface area contributed by atoms with E-state index >= 15 is 0 Å². The Morgan fingerprint density at radius 1 is 1.30 bits per heavy atom. The molecule has 0 aliphatic heterocycles. The largest absolute Gasteiger partial charge is 0.464 e. The minimum absolute atomic E-state index is 0.288. The van der Waals surface area contributed by atoms with E-state index in [0.717, 1.165) is 13.2 Å². The van der Waals surface area contributed by atoms with E-state index in [4.69, 9.17) is 0 Å². The summed E-state index contributed by atoms with van der Waals surface area (Å²) in [6.07, 6.45) is 3.01. The van der Waals surface area contributed by atoms with Crippen LogP contribution >= 0.6 is 15.9 Å². The predicted molar refractivity (Wildman–Crippen MR) is 71.1 cm³/mol. The molecule has 104 valence electrons. The number of aromatic nitrogens is 2. The minimum atomic E-state index is -3.71. The highest BCUT2D eigenvalue weighted by atomic mass is 79.9. The SMILES string of the molecule is COC(=O)C(F)(F)c1cccc(-c2ncc(Br)cn2)c1. The Kier molecular flexibility index (Phi) is 4.08. The third kappa shape index (κ3) is 2.82. The standard InChI is InChI=1S/C13H9BrF2N2O2/c1-20-12(19)13(15,16)9-4-2-3-8(5-9)11-17-6-10(14)7-18-11/h2-7H,1H3. The van der Waals surface area contributed by atoms with Crippen molar-refractivity contribution in [3.63, 3.8) is 0 Å². The Balaban J connectivity index is 2.42. The van der Waals surface area contributed by atoms with Crippen LogP contribution in [0.2, 0.25) is 0 Å². The highest BCUT2D eigenvalue weighted by molar-refractivity contribution is 9.10. The van der Waals surface area contributed by atoms with Crippen molar-refractivity contribution in [3.05, 3.63) is 46.7 Å². The average Bonchev–Trinajstić information content (AvgIpc) is 2.47. The van der Waals surface area contributed by atoms with Gasteiger partial charge in [0.15, 0.2) is 5.82 Å². The number of nitrogens with zero attached hydrogens (tertiary/aromatic N) is 2. The van der Waals surface area contributed by atoms with Crippen LogP contribution in [-0.4, -0.2) is 23.0 Å². The van der Waals surface area contributed by atoms with Gasteiger partial charge in [-0.3, -0.25) is 0 Å². The van der Waals surface area contributed by atoms with Gasteiger partial charge in [0.05, 0.1) is 11.6 Å². The van der Waals surface area contributed by atoms with Gasteiger partial charge in [-0.2, -0.15) is 8.78 Å². The molecule has 1 aromatic carbocycles. The van der Waals surface area contributed by atoms with Crippen molar-refractivity contribution in [3.8, 4) is 11.4 Å². The fourth-order valence-electron chi connectivity index (χ4n) is 1.56. The van der Waals surface area contributed by atoms with Gasteiger partial charge in [0.2, 0.25) is 0 Å². The number of ether oxygens (including phenoxy) is 1. The van der Waals surface area contributed by atoms with Crippen LogP contribution in [0.25, 0.3) is 11.4 Å². The first kappa shape index (κ1) is 14.5. The molecule has 2 rings (SSSR count). The van der Waals surface area contributed by atoms with Crippen LogP contribution in [0.15, 0.2) is 41.1 Å². The number of methoxy groups -OCH3 is 1. The van der Waals surface area contributed by atoms with E-state index in [2.05, 4.69) is 30.6 Å². The first-order valence-electron chi connectivity index (χ1n) is 5.50. The number of esters is 1. The van der Waals surface area contributed by atoms with Gasteiger partial charge in [-0.05, 0) is 22.0 Å². The number of carbonyl (C=O) groups is 1. The van der Waals surface area contributed by atoms with Crippen LogP contribution in [-0.2, 0) is 15.5 Å². The lowest BCUT2D eigenvalue weighted by atomic mass is 10.0. The molecule has 0 aliphatic carbocycles. The number of rotatable bonds is 3. The summed E-state index contributed by atoms with van der Waals surface area (Å²) in [5.74, 6) is -5.03. The van der Waals surface area contributed by atoms with Crippen molar-refractivity contribution >= 4 is 21.9 Å². The van der Waals surface area contributed by atoms with E-state index in [1.807, 2.05) is 0 Å². The Hall–Kier alpha value is -1.89. The molecule has 0 radical (unpaired) electrons. The van der Waals surface area contributed by atoms with E-state index in [1.165, 1.54) is 24.5 Å². The lowest BCUT2D eigenvalue weighted by Gasteiger charge is -2.14. The third-order valence-corrected chi connectivity index (χ3v) is 2.95. The van der Waals surface area contributed by atoms with Crippen LogP contribution in [0.3, 0.4) is 0 Å². The molecule has 1 aromatic heterocycles. The topological polar surface area (TPSA) is 52.1 Å². The Bertz CT molecular complexity index is 633. The van der Waals surface area contributed by atoms with Crippen LogP contribution < -0.4 is 0 Å². The van der Waals surface area contributed by atoms with Gasteiger partial charge >= 0.3 is 11.9 Å². The molecule has 0 spiro atoms. The van der Waals surface area contributed by atoms with E-state index in [0.29, 0.717) is 10.0 Å². The Morgan fingerprint density at radius 3 is 2.55 bits per heavy atom. The molecule has 0 saturated heterocycles. The quantitative estimate of drug-likeness (QED) is 0.804.